The van der Waals surface area contributed by atoms with Crippen molar-refractivity contribution in [3.63, 3.8) is 0 Å². The molecule has 0 radical (unpaired) electrons. The topological polar surface area (TPSA) is 98.6 Å². The fourth-order valence-electron chi connectivity index (χ4n) is 0.632. The maximum atomic E-state index is 10.1. The zero-order chi connectivity index (χ0) is 10.7. The Hall–Kier alpha value is -0.0700. The summed E-state index contributed by atoms with van der Waals surface area (Å²) in [7, 11) is 0. The number of rotatable bonds is 5. The molecule has 1 atom stereocenters. The first kappa shape index (κ1) is 15.4. The Kier molecular flexibility index (Phi) is 14.1. The molecule has 13 heavy (non-hydrogen) atoms. The minimum atomic E-state index is -0.933. The van der Waals surface area contributed by atoms with Crippen LogP contribution in [0.3, 0.4) is 0 Å². The summed E-state index contributed by atoms with van der Waals surface area (Å²) in [4.78, 5) is 10.1. The van der Waals surface area contributed by atoms with Crippen LogP contribution in [0.2, 0.25) is 0 Å². The van der Waals surface area contributed by atoms with Crippen LogP contribution in [0.5, 0.6) is 0 Å². The van der Waals surface area contributed by atoms with Crippen LogP contribution in [0.15, 0.2) is 0 Å². The molecule has 0 saturated carbocycles. The van der Waals surface area contributed by atoms with Gasteiger partial charge in [-0.25, -0.2) is 0 Å². The van der Waals surface area contributed by atoms with Crippen LogP contribution in [0, 0.1) is 0 Å². The van der Waals surface area contributed by atoms with Crippen molar-refractivity contribution in [1.29, 1.82) is 0 Å². The second-order valence-corrected chi connectivity index (χ2v) is 2.75. The number of hydrogen-bond donors (Lipinski definition) is 3. The fourth-order valence-corrected chi connectivity index (χ4v) is 0.632. The summed E-state index contributed by atoms with van der Waals surface area (Å²) in [5, 5.41) is 8.33. The van der Waals surface area contributed by atoms with E-state index in [4.69, 9.17) is 16.6 Å². The third-order valence-corrected chi connectivity index (χ3v) is 1.29. The molecule has 0 aromatic heterocycles. The number of unbranched alkanes of at least 4 members (excludes halogenated alkanes) is 1. The number of carbonyl (C=O) groups is 1. The summed E-state index contributed by atoms with van der Waals surface area (Å²) in [6, 6.07) is -0.716. The predicted molar refractivity (Wildman–Crippen MR) is 51.3 cm³/mol. The van der Waals surface area contributed by atoms with Crippen molar-refractivity contribution in [3.8, 4) is 0 Å². The standard InChI is InChI=1S/C6H14N2O2.Cl2O/c7-4-2-1-3-5(8)6(9)10;1-3-2/h5H,1-4,7-8H2,(H,9,10);/t5-;/m0./s1. The van der Waals surface area contributed by atoms with Crippen LogP contribution in [-0.4, -0.2) is 23.7 Å². The van der Waals surface area contributed by atoms with Crippen molar-refractivity contribution < 1.29 is 13.7 Å². The lowest BCUT2D eigenvalue weighted by Crippen LogP contribution is -2.29. The molecule has 0 saturated heterocycles. The summed E-state index contributed by atoms with van der Waals surface area (Å²) < 4.78 is 3.19. The van der Waals surface area contributed by atoms with Gasteiger partial charge in [0.1, 0.15) is 6.04 Å². The number of nitrogens with two attached hydrogens (primary N) is 2. The van der Waals surface area contributed by atoms with Gasteiger partial charge in [0.15, 0.2) is 0 Å². The van der Waals surface area contributed by atoms with Crippen molar-refractivity contribution >= 4 is 29.7 Å². The Morgan fingerprint density at radius 2 is 1.92 bits per heavy atom. The van der Waals surface area contributed by atoms with E-state index in [0.29, 0.717) is 13.0 Å². The number of hydrogen-bond acceptors (Lipinski definition) is 4. The van der Waals surface area contributed by atoms with Gasteiger partial charge in [0.05, 0.1) is 23.7 Å². The summed E-state index contributed by atoms with van der Waals surface area (Å²) >= 11 is 8.53. The molecule has 0 heterocycles. The van der Waals surface area contributed by atoms with Crippen LogP contribution in [-0.2, 0) is 8.64 Å². The van der Waals surface area contributed by atoms with Crippen molar-refractivity contribution in [2.75, 3.05) is 6.54 Å². The van der Waals surface area contributed by atoms with Crippen LogP contribution in [0.4, 0.5) is 0 Å². The zero-order valence-electron chi connectivity index (χ0n) is 7.08. The minimum Gasteiger partial charge on any atom is -0.480 e. The lowest BCUT2D eigenvalue weighted by molar-refractivity contribution is -0.138. The maximum Gasteiger partial charge on any atom is 0.320 e. The molecule has 0 aromatic carbocycles. The van der Waals surface area contributed by atoms with Crippen molar-refractivity contribution in [1.82, 2.24) is 0 Å². The van der Waals surface area contributed by atoms with E-state index in [-0.39, 0.29) is 0 Å². The van der Waals surface area contributed by atoms with Crippen LogP contribution < -0.4 is 11.5 Å². The van der Waals surface area contributed by atoms with Crippen molar-refractivity contribution in [2.45, 2.75) is 25.3 Å². The van der Waals surface area contributed by atoms with Gasteiger partial charge in [0.2, 0.25) is 0 Å². The summed E-state index contributed by atoms with van der Waals surface area (Å²) in [5.41, 5.74) is 10.4. The van der Waals surface area contributed by atoms with E-state index in [1.54, 1.807) is 0 Å². The van der Waals surface area contributed by atoms with Gasteiger partial charge in [-0.3, -0.25) is 4.79 Å². The van der Waals surface area contributed by atoms with Gasteiger partial charge in [0, 0.05) is 0 Å². The largest absolute Gasteiger partial charge is 0.480 e. The zero-order valence-corrected chi connectivity index (χ0v) is 8.59. The molecular weight excluding hydrogens is 219 g/mol. The molecule has 0 fully saturated rings. The number of aliphatic carboxylic acids is 1. The lowest BCUT2D eigenvalue weighted by atomic mass is 10.1. The Balaban J connectivity index is 0. The number of carboxylic acids is 1. The van der Waals surface area contributed by atoms with Gasteiger partial charge in [-0.1, -0.05) is 6.42 Å². The average Bonchev–Trinajstić information content (AvgIpc) is 2.06. The van der Waals surface area contributed by atoms with Gasteiger partial charge in [-0.2, -0.15) is 3.84 Å². The molecule has 0 amide bonds. The molecule has 0 aliphatic rings. The SMILES string of the molecule is ClOCl.NCCCC[C@H](N)C(=O)O. The van der Waals surface area contributed by atoms with E-state index in [1.165, 1.54) is 0 Å². The monoisotopic (exact) mass is 232 g/mol. The highest BCUT2D eigenvalue weighted by molar-refractivity contribution is 6.24. The smallest absolute Gasteiger partial charge is 0.320 e. The highest BCUT2D eigenvalue weighted by Gasteiger charge is 2.09. The Labute approximate surface area is 87.3 Å². The second-order valence-electron chi connectivity index (χ2n) is 2.29. The van der Waals surface area contributed by atoms with Crippen LogP contribution in [0.25, 0.3) is 0 Å². The fraction of sp³-hybridized carbons (Fsp3) is 0.833. The molecule has 80 valence electrons. The van der Waals surface area contributed by atoms with Crippen molar-refractivity contribution in [2.24, 2.45) is 11.5 Å². The Morgan fingerprint density at radius 3 is 2.23 bits per heavy atom. The quantitative estimate of drug-likeness (QED) is 0.611. The summed E-state index contributed by atoms with van der Waals surface area (Å²) in [6.45, 7) is 0.604. The summed E-state index contributed by atoms with van der Waals surface area (Å²) in [5.74, 6) is -0.933. The first-order chi connectivity index (χ1) is 6.09. The molecule has 0 aromatic rings. The molecule has 0 aliphatic heterocycles. The highest BCUT2D eigenvalue weighted by Crippen LogP contribution is 1.96. The van der Waals surface area contributed by atoms with Crippen LogP contribution in [0.1, 0.15) is 19.3 Å². The molecule has 5 nitrogen and oxygen atoms in total. The molecule has 5 N–H and O–H groups in total. The molecule has 0 bridgehead atoms. The molecule has 0 unspecified atom stereocenters. The normalized spacial score (nSPS) is 11.4. The van der Waals surface area contributed by atoms with E-state index in [1.807, 2.05) is 0 Å². The molecule has 0 aliphatic carbocycles. The van der Waals surface area contributed by atoms with E-state index >= 15 is 0 Å². The van der Waals surface area contributed by atoms with E-state index in [0.717, 1.165) is 12.8 Å². The highest BCUT2D eigenvalue weighted by atomic mass is 35.6. The minimum absolute atomic E-state index is 0.520. The van der Waals surface area contributed by atoms with Gasteiger partial charge in [-0.15, -0.1) is 0 Å². The number of halogens is 2. The van der Waals surface area contributed by atoms with Gasteiger partial charge in [-0.05, 0) is 19.4 Å². The molecular formula is C6H14Cl2N2O3. The molecule has 7 heteroatoms. The third kappa shape index (κ3) is 14.8. The van der Waals surface area contributed by atoms with Gasteiger partial charge < -0.3 is 16.6 Å². The lowest BCUT2D eigenvalue weighted by Gasteiger charge is -2.03. The third-order valence-electron chi connectivity index (χ3n) is 1.29. The van der Waals surface area contributed by atoms with Crippen LogP contribution >= 0.6 is 23.7 Å². The molecule has 0 rings (SSSR count). The summed E-state index contributed by atoms with van der Waals surface area (Å²) in [6.07, 6.45) is 2.16. The average molecular weight is 233 g/mol. The van der Waals surface area contributed by atoms with Crippen molar-refractivity contribution in [3.05, 3.63) is 0 Å². The first-order valence-corrected chi connectivity index (χ1v) is 4.29. The van der Waals surface area contributed by atoms with E-state index in [9.17, 15) is 4.79 Å². The second kappa shape index (κ2) is 11.9. The van der Waals surface area contributed by atoms with Gasteiger partial charge in [0.25, 0.3) is 0 Å². The molecule has 0 spiro atoms. The Morgan fingerprint density at radius 1 is 1.46 bits per heavy atom. The van der Waals surface area contributed by atoms with E-state index < -0.39 is 12.0 Å². The predicted octanol–water partition coefficient (Wildman–Crippen LogP) is 0.838. The van der Waals surface area contributed by atoms with E-state index in [2.05, 4.69) is 27.6 Å². The number of carboxylic acid groups (broad SMARTS) is 1. The Bertz CT molecular complexity index is 126. The first-order valence-electron chi connectivity index (χ1n) is 3.67. The van der Waals surface area contributed by atoms with Gasteiger partial charge >= 0.3 is 5.97 Å². The maximum absolute atomic E-state index is 10.1.